The van der Waals surface area contributed by atoms with E-state index in [0.29, 0.717) is 26.4 Å². The summed E-state index contributed by atoms with van der Waals surface area (Å²) in [6.07, 6.45) is 2.79. The Hall–Kier alpha value is -0.680. The molecular formula is C14H12BrCl3N2O. The molecule has 0 saturated carbocycles. The summed E-state index contributed by atoms with van der Waals surface area (Å²) in [5, 5.41) is 3.75. The van der Waals surface area contributed by atoms with E-state index in [0.717, 1.165) is 17.4 Å². The van der Waals surface area contributed by atoms with Gasteiger partial charge in [-0.1, -0.05) is 41.7 Å². The van der Waals surface area contributed by atoms with Crippen molar-refractivity contribution >= 4 is 62.3 Å². The van der Waals surface area contributed by atoms with Gasteiger partial charge in [-0.15, -0.1) is 0 Å². The second-order valence-corrected chi connectivity index (χ2v) is 6.60. The van der Waals surface area contributed by atoms with Crippen LogP contribution in [-0.2, 0) is 6.54 Å². The minimum atomic E-state index is -0.278. The van der Waals surface area contributed by atoms with Crippen LogP contribution in [0, 0.1) is 0 Å². The average molecular weight is 411 g/mol. The van der Waals surface area contributed by atoms with Crippen molar-refractivity contribution in [3.8, 4) is 0 Å². The van der Waals surface area contributed by atoms with Crippen molar-refractivity contribution in [3.05, 3.63) is 49.6 Å². The summed E-state index contributed by atoms with van der Waals surface area (Å²) in [5.74, 6) is -0.278. The molecule has 0 unspecified atom stereocenters. The van der Waals surface area contributed by atoms with Crippen LogP contribution in [0.15, 0.2) is 28.9 Å². The Morgan fingerprint density at radius 3 is 2.43 bits per heavy atom. The molecule has 0 aliphatic heterocycles. The van der Waals surface area contributed by atoms with Crippen LogP contribution in [0.4, 0.5) is 5.69 Å². The molecule has 2 aromatic rings. The number of aryl methyl sites for hydroxylation is 1. The third-order valence-electron chi connectivity index (χ3n) is 2.81. The molecule has 1 aromatic heterocycles. The van der Waals surface area contributed by atoms with Gasteiger partial charge < -0.3 is 9.88 Å². The van der Waals surface area contributed by atoms with Crippen molar-refractivity contribution in [2.45, 2.75) is 19.9 Å². The maximum Gasteiger partial charge on any atom is 0.272 e. The molecular weight excluding hydrogens is 398 g/mol. The zero-order chi connectivity index (χ0) is 15.6. The van der Waals surface area contributed by atoms with Gasteiger partial charge in [0.15, 0.2) is 0 Å². The van der Waals surface area contributed by atoms with E-state index < -0.39 is 0 Å². The van der Waals surface area contributed by atoms with Gasteiger partial charge in [-0.3, -0.25) is 4.79 Å². The molecule has 21 heavy (non-hydrogen) atoms. The Labute approximate surface area is 146 Å². The summed E-state index contributed by atoms with van der Waals surface area (Å²) in [5.41, 5.74) is 0.888. The van der Waals surface area contributed by atoms with Gasteiger partial charge in [0.25, 0.3) is 5.91 Å². The topological polar surface area (TPSA) is 34.0 Å². The monoisotopic (exact) mass is 408 g/mol. The molecule has 0 spiro atoms. The summed E-state index contributed by atoms with van der Waals surface area (Å²) in [6, 6.07) is 4.82. The quantitative estimate of drug-likeness (QED) is 0.672. The molecule has 0 fully saturated rings. The van der Waals surface area contributed by atoms with E-state index in [1.165, 1.54) is 12.1 Å². The summed E-state index contributed by atoms with van der Waals surface area (Å²) in [4.78, 5) is 12.4. The fourth-order valence-corrected chi connectivity index (χ4v) is 3.31. The van der Waals surface area contributed by atoms with Crippen LogP contribution in [0.25, 0.3) is 0 Å². The molecule has 0 atom stereocenters. The summed E-state index contributed by atoms with van der Waals surface area (Å²) >= 11 is 21.4. The molecule has 1 amide bonds. The number of carbonyl (C=O) groups excluding carboxylic acids is 1. The highest BCUT2D eigenvalue weighted by Gasteiger charge is 2.16. The van der Waals surface area contributed by atoms with Crippen LogP contribution in [-0.4, -0.2) is 10.5 Å². The van der Waals surface area contributed by atoms with Gasteiger partial charge in [-0.2, -0.15) is 0 Å². The van der Waals surface area contributed by atoms with Crippen LogP contribution in [0.3, 0.4) is 0 Å². The number of benzene rings is 1. The maximum absolute atomic E-state index is 12.4. The average Bonchev–Trinajstić information content (AvgIpc) is 2.75. The number of hydrogen-bond acceptors (Lipinski definition) is 1. The first-order chi connectivity index (χ1) is 9.92. The van der Waals surface area contributed by atoms with Gasteiger partial charge in [0, 0.05) is 22.2 Å². The van der Waals surface area contributed by atoms with Crippen molar-refractivity contribution < 1.29 is 4.79 Å². The molecule has 1 N–H and O–H groups in total. The predicted octanol–water partition coefficient (Wildman–Crippen LogP) is 5.87. The minimum absolute atomic E-state index is 0.278. The number of halogens is 4. The maximum atomic E-state index is 12.4. The van der Waals surface area contributed by atoms with Gasteiger partial charge >= 0.3 is 0 Å². The van der Waals surface area contributed by atoms with Gasteiger partial charge in [0.2, 0.25) is 0 Å². The largest absolute Gasteiger partial charge is 0.342 e. The van der Waals surface area contributed by atoms with E-state index >= 15 is 0 Å². The number of hydrogen-bond donors (Lipinski definition) is 1. The highest BCUT2D eigenvalue weighted by Crippen LogP contribution is 2.34. The van der Waals surface area contributed by atoms with E-state index in [1.54, 1.807) is 6.07 Å². The first kappa shape index (κ1) is 16.7. The lowest BCUT2D eigenvalue weighted by molar-refractivity contribution is 0.101. The molecule has 7 heteroatoms. The van der Waals surface area contributed by atoms with Crippen LogP contribution in [0.2, 0.25) is 15.1 Å². The molecule has 112 valence electrons. The predicted molar refractivity (Wildman–Crippen MR) is 91.8 cm³/mol. The molecule has 2 rings (SSSR count). The van der Waals surface area contributed by atoms with E-state index in [-0.39, 0.29) is 5.91 Å². The van der Waals surface area contributed by atoms with Crippen molar-refractivity contribution in [1.82, 2.24) is 4.57 Å². The van der Waals surface area contributed by atoms with Crippen LogP contribution >= 0.6 is 50.7 Å². The molecule has 3 nitrogen and oxygen atoms in total. The van der Waals surface area contributed by atoms with Crippen molar-refractivity contribution in [2.24, 2.45) is 0 Å². The lowest BCUT2D eigenvalue weighted by Gasteiger charge is -2.11. The van der Waals surface area contributed by atoms with Crippen molar-refractivity contribution in [3.63, 3.8) is 0 Å². The summed E-state index contributed by atoms with van der Waals surface area (Å²) in [6.45, 7) is 2.79. The highest BCUT2D eigenvalue weighted by molar-refractivity contribution is 9.10. The third-order valence-corrected chi connectivity index (χ3v) is 4.05. The van der Waals surface area contributed by atoms with Gasteiger partial charge in [-0.25, -0.2) is 0 Å². The highest BCUT2D eigenvalue weighted by atomic mass is 79.9. The van der Waals surface area contributed by atoms with E-state index in [1.807, 2.05) is 17.7 Å². The molecule has 1 aromatic carbocycles. The second kappa shape index (κ2) is 7.05. The number of carbonyl (C=O) groups is 1. The smallest absolute Gasteiger partial charge is 0.272 e. The first-order valence-electron chi connectivity index (χ1n) is 6.24. The SMILES string of the molecule is CCCn1cc(Br)cc1C(=O)Nc1c(Cl)cc(Cl)cc1Cl. The Kier molecular flexibility index (Phi) is 5.60. The van der Waals surface area contributed by atoms with E-state index in [9.17, 15) is 4.79 Å². The number of rotatable bonds is 4. The number of anilines is 1. The molecule has 0 saturated heterocycles. The summed E-state index contributed by atoms with van der Waals surface area (Å²) in [7, 11) is 0. The van der Waals surface area contributed by atoms with Crippen molar-refractivity contribution in [2.75, 3.05) is 5.32 Å². The standard InChI is InChI=1S/C14H12BrCl3N2O/c1-2-3-20-7-8(15)4-12(20)14(21)19-13-10(17)5-9(16)6-11(13)18/h4-7H,2-3H2,1H3,(H,19,21). The number of amides is 1. The Morgan fingerprint density at radius 2 is 1.86 bits per heavy atom. The van der Waals surface area contributed by atoms with E-state index in [4.69, 9.17) is 34.8 Å². The van der Waals surface area contributed by atoms with E-state index in [2.05, 4.69) is 21.2 Å². The lowest BCUT2D eigenvalue weighted by atomic mass is 10.3. The van der Waals surface area contributed by atoms with Crippen molar-refractivity contribution in [1.29, 1.82) is 0 Å². The fourth-order valence-electron chi connectivity index (χ4n) is 1.93. The number of nitrogens with zero attached hydrogens (tertiary/aromatic N) is 1. The first-order valence-corrected chi connectivity index (χ1v) is 8.16. The zero-order valence-corrected chi connectivity index (χ0v) is 14.9. The number of aromatic nitrogens is 1. The fraction of sp³-hybridized carbons (Fsp3) is 0.214. The second-order valence-electron chi connectivity index (χ2n) is 4.44. The Balaban J connectivity index is 2.30. The van der Waals surface area contributed by atoms with Crippen LogP contribution in [0.5, 0.6) is 0 Å². The molecule has 1 heterocycles. The third kappa shape index (κ3) is 3.95. The van der Waals surface area contributed by atoms with Crippen LogP contribution in [0.1, 0.15) is 23.8 Å². The lowest BCUT2D eigenvalue weighted by Crippen LogP contribution is -2.17. The van der Waals surface area contributed by atoms with Gasteiger partial charge in [-0.05, 0) is 40.5 Å². The number of nitrogens with one attached hydrogen (secondary N) is 1. The minimum Gasteiger partial charge on any atom is -0.342 e. The summed E-state index contributed by atoms with van der Waals surface area (Å²) < 4.78 is 2.71. The normalized spacial score (nSPS) is 10.7. The Bertz CT molecular complexity index is 662. The molecule has 0 aliphatic rings. The zero-order valence-electron chi connectivity index (χ0n) is 11.1. The molecule has 0 aliphatic carbocycles. The van der Waals surface area contributed by atoms with Gasteiger partial charge in [0.1, 0.15) is 5.69 Å². The molecule has 0 bridgehead atoms. The van der Waals surface area contributed by atoms with Crippen LogP contribution < -0.4 is 5.32 Å². The Morgan fingerprint density at radius 1 is 1.24 bits per heavy atom. The molecule has 0 radical (unpaired) electrons. The van der Waals surface area contributed by atoms with Gasteiger partial charge in [0.05, 0.1) is 15.7 Å².